The summed E-state index contributed by atoms with van der Waals surface area (Å²) in [7, 11) is 0. The summed E-state index contributed by atoms with van der Waals surface area (Å²) in [6, 6.07) is 8.99. The molecule has 3 aliphatic rings. The highest BCUT2D eigenvalue weighted by Gasteiger charge is 2.27. The van der Waals surface area contributed by atoms with E-state index in [9.17, 15) is 4.79 Å². The Bertz CT molecular complexity index is 992. The molecule has 1 aliphatic carbocycles. The Morgan fingerprint density at radius 1 is 1.30 bits per heavy atom. The second-order valence-electron chi connectivity index (χ2n) is 8.22. The van der Waals surface area contributed by atoms with Gasteiger partial charge in [0, 0.05) is 25.6 Å². The fourth-order valence-electron chi connectivity index (χ4n) is 3.85. The first kappa shape index (κ1) is 18.9. The van der Waals surface area contributed by atoms with E-state index in [1.54, 1.807) is 22.9 Å². The van der Waals surface area contributed by atoms with Crippen molar-refractivity contribution in [1.29, 1.82) is 5.26 Å². The van der Waals surface area contributed by atoms with Crippen LogP contribution in [0.5, 0.6) is 11.6 Å². The van der Waals surface area contributed by atoms with Crippen molar-refractivity contribution >= 4 is 5.91 Å². The SMILES string of the molecule is N#Cc1ccc2c(c1)CC(NC(=O)c1cc3n(n1)CCC(COCC1CC1)O3)CO2. The molecule has 1 aromatic carbocycles. The molecule has 0 saturated heterocycles. The first-order chi connectivity index (χ1) is 14.7. The Balaban J connectivity index is 1.18. The molecule has 0 bridgehead atoms. The molecule has 8 nitrogen and oxygen atoms in total. The van der Waals surface area contributed by atoms with E-state index in [0.717, 1.165) is 30.3 Å². The molecule has 5 rings (SSSR count). The minimum absolute atomic E-state index is 0.00133. The van der Waals surface area contributed by atoms with E-state index in [-0.39, 0.29) is 18.1 Å². The normalized spacial score (nSPS) is 22.1. The Hall–Kier alpha value is -3.05. The summed E-state index contributed by atoms with van der Waals surface area (Å²) < 4.78 is 19.2. The van der Waals surface area contributed by atoms with Crippen LogP contribution in [0.1, 0.15) is 40.9 Å². The third-order valence-electron chi connectivity index (χ3n) is 5.71. The van der Waals surface area contributed by atoms with Crippen LogP contribution < -0.4 is 14.8 Å². The maximum Gasteiger partial charge on any atom is 0.272 e. The molecule has 1 fully saturated rings. The number of nitriles is 1. The number of fused-ring (bicyclic) bond motifs is 2. The number of aromatic nitrogens is 2. The van der Waals surface area contributed by atoms with Crippen LogP contribution in [-0.2, 0) is 17.7 Å². The van der Waals surface area contributed by atoms with Gasteiger partial charge in [0.05, 0.1) is 24.3 Å². The summed E-state index contributed by atoms with van der Waals surface area (Å²) in [4.78, 5) is 12.7. The predicted octanol–water partition coefficient (Wildman–Crippen LogP) is 2.07. The molecular formula is C22H24N4O4. The van der Waals surface area contributed by atoms with Gasteiger partial charge < -0.3 is 19.5 Å². The zero-order valence-electron chi connectivity index (χ0n) is 16.7. The van der Waals surface area contributed by atoms with Crippen LogP contribution in [0.25, 0.3) is 0 Å². The van der Waals surface area contributed by atoms with Gasteiger partial charge in [-0.05, 0) is 48.9 Å². The monoisotopic (exact) mass is 408 g/mol. The van der Waals surface area contributed by atoms with Crippen LogP contribution in [0.2, 0.25) is 0 Å². The molecule has 2 aliphatic heterocycles. The van der Waals surface area contributed by atoms with E-state index in [4.69, 9.17) is 19.5 Å². The molecule has 3 heterocycles. The standard InChI is InChI=1S/C22H24N4O4/c23-10-15-3-4-20-16(7-15)8-17(12-29-20)24-22(27)19-9-21-26(25-19)6-5-18(30-21)13-28-11-14-1-2-14/h3-4,7,9,14,17-18H,1-2,5-6,8,11-13H2,(H,24,27). The molecule has 1 aromatic heterocycles. The molecule has 1 amide bonds. The number of ether oxygens (including phenoxy) is 3. The van der Waals surface area contributed by atoms with Crippen molar-refractivity contribution in [2.75, 3.05) is 19.8 Å². The number of rotatable bonds is 6. The van der Waals surface area contributed by atoms with Crippen LogP contribution in [-0.4, -0.2) is 47.7 Å². The molecule has 30 heavy (non-hydrogen) atoms. The lowest BCUT2D eigenvalue weighted by atomic mass is 10.0. The summed E-state index contributed by atoms with van der Waals surface area (Å²) >= 11 is 0. The largest absolute Gasteiger partial charge is 0.491 e. The van der Waals surface area contributed by atoms with E-state index in [1.165, 1.54) is 12.8 Å². The minimum atomic E-state index is -0.254. The number of carbonyl (C=O) groups excluding carboxylic acids is 1. The molecule has 0 spiro atoms. The van der Waals surface area contributed by atoms with E-state index >= 15 is 0 Å². The van der Waals surface area contributed by atoms with Crippen LogP contribution in [0, 0.1) is 17.2 Å². The van der Waals surface area contributed by atoms with Crippen molar-refractivity contribution in [3.63, 3.8) is 0 Å². The number of carbonyl (C=O) groups is 1. The molecule has 1 N–H and O–H groups in total. The van der Waals surface area contributed by atoms with Crippen molar-refractivity contribution in [3.05, 3.63) is 41.1 Å². The smallest absolute Gasteiger partial charge is 0.272 e. The summed E-state index contributed by atoms with van der Waals surface area (Å²) in [5.74, 6) is 1.85. The quantitative estimate of drug-likeness (QED) is 0.786. The summed E-state index contributed by atoms with van der Waals surface area (Å²) in [6.07, 6.45) is 3.97. The van der Waals surface area contributed by atoms with Gasteiger partial charge in [0.2, 0.25) is 5.88 Å². The van der Waals surface area contributed by atoms with E-state index in [2.05, 4.69) is 16.5 Å². The first-order valence-corrected chi connectivity index (χ1v) is 10.5. The Labute approximate surface area is 174 Å². The second kappa shape index (κ2) is 8.00. The molecule has 2 unspecified atom stereocenters. The predicted molar refractivity (Wildman–Crippen MR) is 106 cm³/mol. The Kier molecular flexibility index (Phi) is 5.05. The minimum Gasteiger partial charge on any atom is -0.491 e. The van der Waals surface area contributed by atoms with Crippen LogP contribution in [0.15, 0.2) is 24.3 Å². The molecule has 1 saturated carbocycles. The van der Waals surface area contributed by atoms with Crippen LogP contribution in [0.4, 0.5) is 0 Å². The van der Waals surface area contributed by atoms with Crippen molar-refractivity contribution in [2.45, 2.75) is 44.4 Å². The lowest BCUT2D eigenvalue weighted by Gasteiger charge is -2.25. The van der Waals surface area contributed by atoms with Gasteiger partial charge in [-0.2, -0.15) is 10.4 Å². The second-order valence-corrected chi connectivity index (χ2v) is 8.22. The zero-order chi connectivity index (χ0) is 20.5. The highest BCUT2D eigenvalue weighted by molar-refractivity contribution is 5.92. The molecule has 156 valence electrons. The number of hydrogen-bond acceptors (Lipinski definition) is 6. The summed E-state index contributed by atoms with van der Waals surface area (Å²) in [5.41, 5.74) is 1.84. The fourth-order valence-corrected chi connectivity index (χ4v) is 3.85. The number of nitrogens with zero attached hydrogens (tertiary/aromatic N) is 3. The van der Waals surface area contributed by atoms with Gasteiger partial charge in [0.1, 0.15) is 18.5 Å². The number of amides is 1. The first-order valence-electron chi connectivity index (χ1n) is 10.5. The highest BCUT2D eigenvalue weighted by atomic mass is 16.5. The van der Waals surface area contributed by atoms with Gasteiger partial charge in [-0.3, -0.25) is 4.79 Å². The Morgan fingerprint density at radius 3 is 3.03 bits per heavy atom. The summed E-state index contributed by atoms with van der Waals surface area (Å²) in [6.45, 7) is 2.48. The average molecular weight is 408 g/mol. The van der Waals surface area contributed by atoms with Crippen molar-refractivity contribution in [1.82, 2.24) is 15.1 Å². The molecule has 0 radical (unpaired) electrons. The summed E-state index contributed by atoms with van der Waals surface area (Å²) in [5, 5.41) is 16.5. The zero-order valence-corrected chi connectivity index (χ0v) is 16.7. The number of aryl methyl sites for hydroxylation is 1. The third kappa shape index (κ3) is 4.12. The van der Waals surface area contributed by atoms with Crippen LogP contribution >= 0.6 is 0 Å². The van der Waals surface area contributed by atoms with E-state index in [1.807, 2.05) is 6.07 Å². The maximum absolute atomic E-state index is 12.7. The molecular weight excluding hydrogens is 384 g/mol. The van der Waals surface area contributed by atoms with Gasteiger partial charge in [-0.15, -0.1) is 0 Å². The van der Waals surface area contributed by atoms with Gasteiger partial charge in [-0.25, -0.2) is 4.68 Å². The number of hydrogen-bond donors (Lipinski definition) is 1. The van der Waals surface area contributed by atoms with Crippen molar-refractivity contribution < 1.29 is 19.0 Å². The molecule has 2 aromatic rings. The molecule has 8 heteroatoms. The van der Waals surface area contributed by atoms with E-state index in [0.29, 0.717) is 43.3 Å². The fraction of sp³-hybridized carbons (Fsp3) is 0.500. The van der Waals surface area contributed by atoms with E-state index < -0.39 is 0 Å². The van der Waals surface area contributed by atoms with Gasteiger partial charge in [0.25, 0.3) is 5.91 Å². The highest BCUT2D eigenvalue weighted by Crippen LogP contribution is 2.29. The van der Waals surface area contributed by atoms with Crippen molar-refractivity contribution in [2.24, 2.45) is 5.92 Å². The van der Waals surface area contributed by atoms with Gasteiger partial charge >= 0.3 is 0 Å². The Morgan fingerprint density at radius 2 is 2.20 bits per heavy atom. The maximum atomic E-state index is 12.7. The average Bonchev–Trinajstić information content (AvgIpc) is 3.49. The molecule has 2 atom stereocenters. The lowest BCUT2D eigenvalue weighted by Crippen LogP contribution is -2.42. The van der Waals surface area contributed by atoms with Crippen LogP contribution in [0.3, 0.4) is 0 Å². The van der Waals surface area contributed by atoms with Gasteiger partial charge in [-0.1, -0.05) is 0 Å². The lowest BCUT2D eigenvalue weighted by molar-refractivity contribution is 0.0221. The third-order valence-corrected chi connectivity index (χ3v) is 5.71. The number of nitrogens with one attached hydrogen (secondary N) is 1. The number of benzene rings is 1. The van der Waals surface area contributed by atoms with Crippen molar-refractivity contribution in [3.8, 4) is 17.7 Å². The topological polar surface area (TPSA) is 98.4 Å². The van der Waals surface area contributed by atoms with Gasteiger partial charge in [0.15, 0.2) is 5.69 Å².